The van der Waals surface area contributed by atoms with Crippen molar-refractivity contribution in [2.24, 2.45) is 0 Å². The Kier molecular flexibility index (Phi) is 3.49. The van der Waals surface area contributed by atoms with Gasteiger partial charge in [0.15, 0.2) is 11.3 Å². The summed E-state index contributed by atoms with van der Waals surface area (Å²) in [7, 11) is 1.24. The number of nitrogens with one attached hydrogen (secondary N) is 1. The fraction of sp³-hybridized carbons (Fsp3) is 0.133. The van der Waals surface area contributed by atoms with Crippen molar-refractivity contribution in [3.63, 3.8) is 0 Å². The van der Waals surface area contributed by atoms with Crippen LogP contribution < -0.4 is 10.9 Å². The molecule has 8 heteroatoms. The number of benzene rings is 1. The monoisotopic (exact) mass is 312 g/mol. The summed E-state index contributed by atoms with van der Waals surface area (Å²) < 4.78 is 5.64. The molecule has 1 amide bonds. The molecule has 1 aromatic carbocycles. The topological polar surface area (TPSA) is 103 Å². The van der Waals surface area contributed by atoms with Crippen molar-refractivity contribution in [1.29, 1.82) is 0 Å². The molecule has 3 rings (SSSR count). The number of amides is 1. The van der Waals surface area contributed by atoms with Crippen LogP contribution in [-0.4, -0.2) is 33.6 Å². The highest BCUT2D eigenvalue weighted by Gasteiger charge is 2.12. The van der Waals surface area contributed by atoms with Gasteiger partial charge in [-0.05, 0) is 30.3 Å². The average molecular weight is 312 g/mol. The molecule has 0 radical (unpaired) electrons. The van der Waals surface area contributed by atoms with Gasteiger partial charge in [0, 0.05) is 12.6 Å². The summed E-state index contributed by atoms with van der Waals surface area (Å²) in [6, 6.07) is 7.69. The molecule has 0 saturated carbocycles. The van der Waals surface area contributed by atoms with E-state index in [4.69, 9.17) is 0 Å². The predicted octanol–water partition coefficient (Wildman–Crippen LogP) is 0.988. The fourth-order valence-corrected chi connectivity index (χ4v) is 2.19. The number of carbonyl (C=O) groups excluding carboxylic acids is 2. The first kappa shape index (κ1) is 14.6. The standard InChI is InChI=1S/C15H12N4O4/c1-8(20)16-9-3-4-10-12(7-9)17-13-6-5-11(15(22)23-2)18-19(13)14(10)21/h3-7H,1-2H3,(H,16,20). The van der Waals surface area contributed by atoms with Crippen LogP contribution in [0.5, 0.6) is 0 Å². The molecular weight excluding hydrogens is 300 g/mol. The molecule has 8 nitrogen and oxygen atoms in total. The Labute approximate surface area is 129 Å². The van der Waals surface area contributed by atoms with Crippen molar-refractivity contribution >= 4 is 34.1 Å². The van der Waals surface area contributed by atoms with Crippen LogP contribution in [0.2, 0.25) is 0 Å². The van der Waals surface area contributed by atoms with Gasteiger partial charge in [-0.15, -0.1) is 0 Å². The molecule has 23 heavy (non-hydrogen) atoms. The molecule has 0 atom stereocenters. The maximum Gasteiger partial charge on any atom is 0.358 e. The molecular formula is C15H12N4O4. The number of rotatable bonds is 2. The van der Waals surface area contributed by atoms with E-state index in [-0.39, 0.29) is 17.2 Å². The number of aromatic nitrogens is 3. The molecule has 2 aromatic heterocycles. The summed E-state index contributed by atoms with van der Waals surface area (Å²) in [5.74, 6) is -0.855. The largest absolute Gasteiger partial charge is 0.464 e. The second kappa shape index (κ2) is 5.48. The second-order valence-corrected chi connectivity index (χ2v) is 4.81. The molecule has 2 heterocycles. The minimum Gasteiger partial charge on any atom is -0.464 e. The van der Waals surface area contributed by atoms with E-state index in [1.165, 1.54) is 26.2 Å². The van der Waals surface area contributed by atoms with Gasteiger partial charge < -0.3 is 10.1 Å². The SMILES string of the molecule is COC(=O)c1ccc2nc3cc(NC(C)=O)ccc3c(=O)n2n1. The number of nitrogens with zero attached hydrogens (tertiary/aromatic N) is 3. The molecule has 0 saturated heterocycles. The lowest BCUT2D eigenvalue weighted by Gasteiger charge is -2.06. The Hall–Kier alpha value is -3.29. The van der Waals surface area contributed by atoms with Crippen molar-refractivity contribution in [3.05, 3.63) is 46.4 Å². The Morgan fingerprint density at radius 2 is 2.00 bits per heavy atom. The first-order valence-electron chi connectivity index (χ1n) is 6.69. The average Bonchev–Trinajstić information content (AvgIpc) is 2.53. The second-order valence-electron chi connectivity index (χ2n) is 4.81. The van der Waals surface area contributed by atoms with Gasteiger partial charge in [0.2, 0.25) is 5.91 Å². The summed E-state index contributed by atoms with van der Waals surface area (Å²) in [5, 5.41) is 6.92. The van der Waals surface area contributed by atoms with Crippen LogP contribution in [0.25, 0.3) is 16.6 Å². The van der Waals surface area contributed by atoms with Gasteiger partial charge >= 0.3 is 5.97 Å². The molecule has 116 valence electrons. The van der Waals surface area contributed by atoms with Crippen molar-refractivity contribution in [2.75, 3.05) is 12.4 Å². The number of hydrogen-bond acceptors (Lipinski definition) is 6. The molecule has 0 bridgehead atoms. The van der Waals surface area contributed by atoms with E-state index in [9.17, 15) is 14.4 Å². The number of esters is 1. The maximum atomic E-state index is 12.5. The molecule has 0 unspecified atom stereocenters. The third-order valence-corrected chi connectivity index (χ3v) is 3.19. The number of anilines is 1. The van der Waals surface area contributed by atoms with Gasteiger partial charge in [-0.1, -0.05) is 0 Å². The zero-order valence-electron chi connectivity index (χ0n) is 12.4. The van der Waals surface area contributed by atoms with Crippen LogP contribution >= 0.6 is 0 Å². The summed E-state index contributed by atoms with van der Waals surface area (Å²) in [4.78, 5) is 39.5. The minimum atomic E-state index is -0.639. The van der Waals surface area contributed by atoms with E-state index in [0.29, 0.717) is 16.6 Å². The Morgan fingerprint density at radius 3 is 2.70 bits per heavy atom. The normalized spacial score (nSPS) is 10.7. The van der Waals surface area contributed by atoms with Crippen molar-refractivity contribution < 1.29 is 14.3 Å². The molecule has 0 aliphatic heterocycles. The summed E-state index contributed by atoms with van der Waals surface area (Å²) in [6.07, 6.45) is 0. The third-order valence-electron chi connectivity index (χ3n) is 3.19. The van der Waals surface area contributed by atoms with E-state index in [1.807, 2.05) is 0 Å². The molecule has 0 fully saturated rings. The lowest BCUT2D eigenvalue weighted by atomic mass is 10.2. The third kappa shape index (κ3) is 2.61. The van der Waals surface area contributed by atoms with Gasteiger partial charge in [-0.2, -0.15) is 9.61 Å². The van der Waals surface area contributed by atoms with Gasteiger partial charge in [-0.25, -0.2) is 9.78 Å². The summed E-state index contributed by atoms with van der Waals surface area (Å²) >= 11 is 0. The molecule has 0 aliphatic rings. The van der Waals surface area contributed by atoms with E-state index < -0.39 is 11.5 Å². The van der Waals surface area contributed by atoms with Crippen LogP contribution in [0, 0.1) is 0 Å². The van der Waals surface area contributed by atoms with Gasteiger partial charge in [-0.3, -0.25) is 9.59 Å². The van der Waals surface area contributed by atoms with Crippen molar-refractivity contribution in [2.45, 2.75) is 6.92 Å². The van der Waals surface area contributed by atoms with Crippen LogP contribution in [0.4, 0.5) is 5.69 Å². The van der Waals surface area contributed by atoms with Gasteiger partial charge in [0.25, 0.3) is 5.56 Å². The highest BCUT2D eigenvalue weighted by atomic mass is 16.5. The Bertz CT molecular complexity index is 1010. The summed E-state index contributed by atoms with van der Waals surface area (Å²) in [5.41, 5.74) is 0.854. The number of fused-ring (bicyclic) bond motifs is 2. The quantitative estimate of drug-likeness (QED) is 0.559. The minimum absolute atomic E-state index is 0.0121. The van der Waals surface area contributed by atoms with E-state index >= 15 is 0 Å². The maximum absolute atomic E-state index is 12.5. The summed E-state index contributed by atoms with van der Waals surface area (Å²) in [6.45, 7) is 1.39. The number of ether oxygens (including phenoxy) is 1. The van der Waals surface area contributed by atoms with Crippen LogP contribution in [-0.2, 0) is 9.53 Å². The smallest absolute Gasteiger partial charge is 0.358 e. The fourth-order valence-electron chi connectivity index (χ4n) is 2.19. The van der Waals surface area contributed by atoms with Gasteiger partial charge in [0.1, 0.15) is 0 Å². The zero-order chi connectivity index (χ0) is 16.6. The predicted molar refractivity (Wildman–Crippen MR) is 82.4 cm³/mol. The first-order valence-corrected chi connectivity index (χ1v) is 6.69. The molecule has 0 aliphatic carbocycles. The van der Waals surface area contributed by atoms with Crippen LogP contribution in [0.3, 0.4) is 0 Å². The molecule has 1 N–H and O–H groups in total. The molecule has 0 spiro atoms. The Morgan fingerprint density at radius 1 is 1.22 bits per heavy atom. The highest BCUT2D eigenvalue weighted by molar-refractivity contribution is 5.92. The number of carbonyl (C=O) groups is 2. The highest BCUT2D eigenvalue weighted by Crippen LogP contribution is 2.15. The van der Waals surface area contributed by atoms with E-state index in [2.05, 4.69) is 20.1 Å². The van der Waals surface area contributed by atoms with Crippen LogP contribution in [0.15, 0.2) is 35.1 Å². The zero-order valence-corrected chi connectivity index (χ0v) is 12.4. The number of methoxy groups -OCH3 is 1. The lowest BCUT2D eigenvalue weighted by molar-refractivity contribution is -0.114. The van der Waals surface area contributed by atoms with E-state index in [1.54, 1.807) is 18.2 Å². The van der Waals surface area contributed by atoms with Crippen molar-refractivity contribution in [3.8, 4) is 0 Å². The number of hydrogen-bond donors (Lipinski definition) is 1. The molecule has 3 aromatic rings. The van der Waals surface area contributed by atoms with E-state index in [0.717, 1.165) is 4.52 Å². The lowest BCUT2D eigenvalue weighted by Crippen LogP contribution is -2.20. The van der Waals surface area contributed by atoms with Crippen LogP contribution in [0.1, 0.15) is 17.4 Å². The first-order chi connectivity index (χ1) is 11.0. The van der Waals surface area contributed by atoms with Crippen molar-refractivity contribution in [1.82, 2.24) is 14.6 Å². The van der Waals surface area contributed by atoms with Gasteiger partial charge in [0.05, 0.1) is 18.0 Å². The Balaban J connectivity index is 2.24.